The van der Waals surface area contributed by atoms with Crippen LogP contribution in [0.15, 0.2) is 22.7 Å². The predicted molar refractivity (Wildman–Crippen MR) is 92.1 cm³/mol. The predicted octanol–water partition coefficient (Wildman–Crippen LogP) is 2.44. The minimum Gasteiger partial charge on any atom is -0.497 e. The highest BCUT2D eigenvalue weighted by molar-refractivity contribution is 5.35. The Labute approximate surface area is 143 Å². The number of aryl methyl sites for hydroxylation is 2. The van der Waals surface area contributed by atoms with Crippen molar-refractivity contribution in [3.05, 3.63) is 41.0 Å². The lowest BCUT2D eigenvalue weighted by Crippen LogP contribution is -2.46. The van der Waals surface area contributed by atoms with Gasteiger partial charge in [0.2, 0.25) is 5.89 Å². The van der Waals surface area contributed by atoms with E-state index in [4.69, 9.17) is 9.26 Å². The number of methoxy groups -OCH3 is 1. The summed E-state index contributed by atoms with van der Waals surface area (Å²) in [6.07, 6.45) is 1.01. The number of ether oxygens (including phenoxy) is 1. The lowest BCUT2D eigenvalue weighted by molar-refractivity contribution is 0.0713. The van der Waals surface area contributed by atoms with E-state index >= 15 is 0 Å². The van der Waals surface area contributed by atoms with Gasteiger partial charge in [-0.15, -0.1) is 0 Å². The Bertz CT molecular complexity index is 685. The van der Waals surface area contributed by atoms with Gasteiger partial charge in [-0.3, -0.25) is 9.80 Å². The third kappa shape index (κ3) is 3.60. The molecule has 1 atom stereocenters. The van der Waals surface area contributed by atoms with E-state index in [1.165, 1.54) is 11.1 Å². The van der Waals surface area contributed by atoms with Crippen molar-refractivity contribution in [3.8, 4) is 5.75 Å². The summed E-state index contributed by atoms with van der Waals surface area (Å²) in [5.74, 6) is 2.33. The summed E-state index contributed by atoms with van der Waals surface area (Å²) in [5, 5.41) is 3.94. The fraction of sp³-hybridized carbons (Fsp3) is 0.556. The van der Waals surface area contributed by atoms with E-state index in [1.807, 2.05) is 13.0 Å². The maximum absolute atomic E-state index is 5.40. The van der Waals surface area contributed by atoms with Gasteiger partial charge in [0.25, 0.3) is 0 Å². The summed E-state index contributed by atoms with van der Waals surface area (Å²) < 4.78 is 10.7. The van der Waals surface area contributed by atoms with Crippen molar-refractivity contribution in [3.63, 3.8) is 0 Å². The summed E-state index contributed by atoms with van der Waals surface area (Å²) >= 11 is 0. The molecule has 1 aromatic carbocycles. The molecule has 2 aromatic rings. The standard InChI is InChI=1S/C18H26N4O2/c1-5-14-10-16(23-4)7-6-15(14)11-22-9-8-21(3)17(12-22)18-19-13(2)20-24-18/h6-7,10,17H,5,8-9,11-12H2,1-4H3/t17-/m1/s1. The Balaban J connectivity index is 1.74. The van der Waals surface area contributed by atoms with Gasteiger partial charge < -0.3 is 9.26 Å². The summed E-state index contributed by atoms with van der Waals surface area (Å²) in [7, 11) is 3.83. The summed E-state index contributed by atoms with van der Waals surface area (Å²) in [4.78, 5) is 9.17. The first-order valence-electron chi connectivity index (χ1n) is 8.49. The smallest absolute Gasteiger partial charge is 0.245 e. The normalized spacial score (nSPS) is 19.6. The first kappa shape index (κ1) is 16.9. The molecule has 1 fully saturated rings. The Hall–Kier alpha value is -1.92. The fourth-order valence-electron chi connectivity index (χ4n) is 3.24. The molecule has 2 heterocycles. The van der Waals surface area contributed by atoms with Crippen molar-refractivity contribution in [1.29, 1.82) is 0 Å². The lowest BCUT2D eigenvalue weighted by atomic mass is 10.0. The third-order valence-electron chi connectivity index (χ3n) is 4.75. The van der Waals surface area contributed by atoms with Crippen LogP contribution in [-0.2, 0) is 13.0 Å². The van der Waals surface area contributed by atoms with Crippen molar-refractivity contribution >= 4 is 0 Å². The molecule has 24 heavy (non-hydrogen) atoms. The van der Waals surface area contributed by atoms with E-state index < -0.39 is 0 Å². The van der Waals surface area contributed by atoms with Gasteiger partial charge in [-0.2, -0.15) is 4.98 Å². The molecule has 1 aliphatic heterocycles. The maximum atomic E-state index is 5.40. The average Bonchev–Trinajstić information content (AvgIpc) is 3.03. The second-order valence-electron chi connectivity index (χ2n) is 6.40. The molecular weight excluding hydrogens is 304 g/mol. The fourth-order valence-corrected chi connectivity index (χ4v) is 3.24. The quantitative estimate of drug-likeness (QED) is 0.839. The molecule has 6 heteroatoms. The largest absolute Gasteiger partial charge is 0.497 e. The monoisotopic (exact) mass is 330 g/mol. The Kier molecular flexibility index (Phi) is 5.16. The summed E-state index contributed by atoms with van der Waals surface area (Å²) in [5.41, 5.74) is 2.71. The first-order valence-corrected chi connectivity index (χ1v) is 8.49. The number of piperazine rings is 1. The first-order chi connectivity index (χ1) is 11.6. The van der Waals surface area contributed by atoms with Crippen LogP contribution in [0.25, 0.3) is 0 Å². The van der Waals surface area contributed by atoms with E-state index in [9.17, 15) is 0 Å². The molecule has 0 N–H and O–H groups in total. The minimum absolute atomic E-state index is 0.156. The van der Waals surface area contributed by atoms with Crippen LogP contribution in [0, 0.1) is 6.92 Å². The van der Waals surface area contributed by atoms with Crippen LogP contribution in [0.5, 0.6) is 5.75 Å². The molecule has 3 rings (SSSR count). The van der Waals surface area contributed by atoms with Crippen LogP contribution < -0.4 is 4.74 Å². The number of hydrogen-bond acceptors (Lipinski definition) is 6. The van der Waals surface area contributed by atoms with Gasteiger partial charge in [0.1, 0.15) is 11.8 Å². The van der Waals surface area contributed by atoms with Gasteiger partial charge in [0, 0.05) is 26.2 Å². The maximum Gasteiger partial charge on any atom is 0.245 e. The molecule has 0 aliphatic carbocycles. The molecule has 0 bridgehead atoms. The highest BCUT2D eigenvalue weighted by Crippen LogP contribution is 2.25. The number of hydrogen-bond donors (Lipinski definition) is 0. The number of aromatic nitrogens is 2. The van der Waals surface area contributed by atoms with Crippen molar-refractivity contribution < 1.29 is 9.26 Å². The third-order valence-corrected chi connectivity index (χ3v) is 4.75. The van der Waals surface area contributed by atoms with Gasteiger partial charge in [-0.05, 0) is 43.7 Å². The second-order valence-corrected chi connectivity index (χ2v) is 6.40. The zero-order chi connectivity index (χ0) is 17.1. The van der Waals surface area contributed by atoms with Gasteiger partial charge in [-0.1, -0.05) is 18.1 Å². The van der Waals surface area contributed by atoms with Crippen molar-refractivity contribution in [2.75, 3.05) is 33.8 Å². The van der Waals surface area contributed by atoms with Crippen LogP contribution in [0.2, 0.25) is 0 Å². The van der Waals surface area contributed by atoms with Crippen LogP contribution in [-0.4, -0.2) is 53.7 Å². The average molecular weight is 330 g/mol. The van der Waals surface area contributed by atoms with Crippen molar-refractivity contribution in [1.82, 2.24) is 19.9 Å². The van der Waals surface area contributed by atoms with E-state index in [1.54, 1.807) is 7.11 Å². The molecule has 1 saturated heterocycles. The summed E-state index contributed by atoms with van der Waals surface area (Å²) in [6, 6.07) is 6.53. The van der Waals surface area contributed by atoms with Crippen molar-refractivity contribution in [2.45, 2.75) is 32.9 Å². The van der Waals surface area contributed by atoms with Gasteiger partial charge >= 0.3 is 0 Å². The minimum atomic E-state index is 0.156. The highest BCUT2D eigenvalue weighted by atomic mass is 16.5. The second kappa shape index (κ2) is 7.32. The number of rotatable bonds is 5. The van der Waals surface area contributed by atoms with Crippen LogP contribution >= 0.6 is 0 Å². The van der Waals surface area contributed by atoms with E-state index in [0.717, 1.165) is 38.3 Å². The molecule has 6 nitrogen and oxygen atoms in total. The Morgan fingerprint density at radius 1 is 1.29 bits per heavy atom. The molecule has 0 spiro atoms. The molecular formula is C18H26N4O2. The van der Waals surface area contributed by atoms with E-state index in [2.05, 4.69) is 46.0 Å². The lowest BCUT2D eigenvalue weighted by Gasteiger charge is -2.37. The molecule has 1 aromatic heterocycles. The Morgan fingerprint density at radius 2 is 2.12 bits per heavy atom. The van der Waals surface area contributed by atoms with Gasteiger partial charge in [0.15, 0.2) is 5.82 Å². The van der Waals surface area contributed by atoms with Crippen LogP contribution in [0.3, 0.4) is 0 Å². The molecule has 1 aliphatic rings. The van der Waals surface area contributed by atoms with Crippen molar-refractivity contribution in [2.24, 2.45) is 0 Å². The van der Waals surface area contributed by atoms with Gasteiger partial charge in [0.05, 0.1) is 7.11 Å². The summed E-state index contributed by atoms with van der Waals surface area (Å²) in [6.45, 7) is 7.90. The van der Waals surface area contributed by atoms with Crippen LogP contribution in [0.1, 0.15) is 35.8 Å². The van der Waals surface area contributed by atoms with Crippen LogP contribution in [0.4, 0.5) is 0 Å². The highest BCUT2D eigenvalue weighted by Gasteiger charge is 2.30. The molecule has 0 unspecified atom stereocenters. The topological polar surface area (TPSA) is 54.6 Å². The molecule has 0 saturated carbocycles. The zero-order valence-corrected chi connectivity index (χ0v) is 15.0. The number of likely N-dealkylation sites (N-methyl/N-ethyl adjacent to an activating group) is 1. The SMILES string of the molecule is CCc1cc(OC)ccc1CN1CCN(C)[C@@H](c2nc(C)no2)C1. The Morgan fingerprint density at radius 3 is 2.79 bits per heavy atom. The zero-order valence-electron chi connectivity index (χ0n) is 15.0. The number of nitrogens with zero attached hydrogens (tertiary/aromatic N) is 4. The van der Waals surface area contributed by atoms with E-state index in [-0.39, 0.29) is 6.04 Å². The van der Waals surface area contributed by atoms with E-state index in [0.29, 0.717) is 11.7 Å². The van der Waals surface area contributed by atoms with Gasteiger partial charge in [-0.25, -0.2) is 0 Å². The molecule has 130 valence electrons. The molecule has 0 amide bonds. The molecule has 0 radical (unpaired) electrons. The number of benzene rings is 1.